The third-order valence-corrected chi connectivity index (χ3v) is 10.7. The van der Waals surface area contributed by atoms with Gasteiger partial charge in [-0.3, -0.25) is 0 Å². The summed E-state index contributed by atoms with van der Waals surface area (Å²) in [7, 11) is 0. The number of benzene rings is 8. The SMILES string of the molecule is c1ccc(-c2cccc(-c3nc(-c4ccccc4)nc(-c4cccc(-c5cccc(C6(c7ccccc7)c7ccccc7Oc7ccccc76)c5)c4)n3)c2)cc1. The maximum atomic E-state index is 6.55. The normalized spacial score (nSPS) is 12.6. The van der Waals surface area contributed by atoms with E-state index < -0.39 is 5.41 Å². The first-order valence-corrected chi connectivity index (χ1v) is 18.9. The van der Waals surface area contributed by atoms with Crippen molar-refractivity contribution in [3.05, 3.63) is 235 Å². The minimum absolute atomic E-state index is 0.609. The van der Waals surface area contributed by atoms with Crippen LogP contribution >= 0.6 is 0 Å². The van der Waals surface area contributed by atoms with E-state index in [4.69, 9.17) is 19.7 Å². The van der Waals surface area contributed by atoms with Gasteiger partial charge in [-0.1, -0.05) is 182 Å². The molecule has 0 saturated heterocycles. The van der Waals surface area contributed by atoms with Gasteiger partial charge in [-0.15, -0.1) is 0 Å². The molecule has 0 unspecified atom stereocenters. The Kier molecular flexibility index (Phi) is 8.34. The lowest BCUT2D eigenvalue weighted by Gasteiger charge is -2.41. The smallest absolute Gasteiger partial charge is 0.164 e. The molecule has 9 aromatic rings. The van der Waals surface area contributed by atoms with Gasteiger partial charge in [0.05, 0.1) is 5.41 Å². The number of hydrogen-bond acceptors (Lipinski definition) is 4. The van der Waals surface area contributed by atoms with Crippen molar-refractivity contribution in [2.24, 2.45) is 0 Å². The van der Waals surface area contributed by atoms with Gasteiger partial charge in [0, 0.05) is 27.8 Å². The molecular formula is C52H35N3O. The average molecular weight is 718 g/mol. The molecule has 0 amide bonds. The topological polar surface area (TPSA) is 47.9 Å². The molecule has 0 atom stereocenters. The molecule has 0 spiro atoms. The van der Waals surface area contributed by atoms with Crippen molar-refractivity contribution in [3.8, 4) is 67.9 Å². The van der Waals surface area contributed by atoms with Gasteiger partial charge in [0.25, 0.3) is 0 Å². The number of ether oxygens (including phenoxy) is 1. The standard InChI is InChI=1S/C52H35N3O/c1-4-17-36(18-5-1)38-21-14-24-41(33-38)50-53-49(37-19-6-2-7-20-37)54-51(55-50)42-25-15-22-39(34-42)40-23-16-28-44(35-40)52(43-26-8-3-9-27-43)45-29-10-12-31-47(45)56-48-32-13-11-30-46(48)52/h1-35H. The van der Waals surface area contributed by atoms with Crippen LogP contribution in [-0.4, -0.2) is 15.0 Å². The molecule has 10 rings (SSSR count). The minimum atomic E-state index is -0.609. The molecule has 0 N–H and O–H groups in total. The van der Waals surface area contributed by atoms with E-state index in [0.717, 1.165) is 67.1 Å². The lowest BCUT2D eigenvalue weighted by Crippen LogP contribution is -2.34. The Morgan fingerprint density at radius 1 is 0.286 bits per heavy atom. The molecule has 1 aliphatic heterocycles. The highest BCUT2D eigenvalue weighted by Crippen LogP contribution is 2.55. The lowest BCUT2D eigenvalue weighted by molar-refractivity contribution is 0.434. The van der Waals surface area contributed by atoms with Crippen molar-refractivity contribution in [1.82, 2.24) is 15.0 Å². The van der Waals surface area contributed by atoms with Crippen molar-refractivity contribution in [3.63, 3.8) is 0 Å². The van der Waals surface area contributed by atoms with E-state index in [2.05, 4.69) is 164 Å². The zero-order valence-corrected chi connectivity index (χ0v) is 30.5. The average Bonchev–Trinajstić information content (AvgIpc) is 3.29. The fourth-order valence-electron chi connectivity index (χ4n) is 8.06. The van der Waals surface area contributed by atoms with Gasteiger partial charge >= 0.3 is 0 Å². The van der Waals surface area contributed by atoms with Crippen molar-refractivity contribution in [2.75, 3.05) is 0 Å². The predicted molar refractivity (Wildman–Crippen MR) is 225 cm³/mol. The highest BCUT2D eigenvalue weighted by atomic mass is 16.5. The summed E-state index contributed by atoms with van der Waals surface area (Å²) in [5, 5.41) is 0. The Bertz CT molecular complexity index is 2790. The van der Waals surface area contributed by atoms with Crippen LogP contribution < -0.4 is 4.74 Å². The Morgan fingerprint density at radius 3 is 1.23 bits per heavy atom. The molecule has 2 heterocycles. The summed E-state index contributed by atoms with van der Waals surface area (Å²) in [6.07, 6.45) is 0. The fourth-order valence-corrected chi connectivity index (χ4v) is 8.06. The van der Waals surface area contributed by atoms with Gasteiger partial charge in [0.2, 0.25) is 0 Å². The summed E-state index contributed by atoms with van der Waals surface area (Å²) in [5.74, 6) is 3.59. The van der Waals surface area contributed by atoms with Crippen molar-refractivity contribution >= 4 is 0 Å². The number of nitrogens with zero attached hydrogens (tertiary/aromatic N) is 3. The van der Waals surface area contributed by atoms with E-state index in [1.807, 2.05) is 48.5 Å². The molecule has 0 bridgehead atoms. The maximum Gasteiger partial charge on any atom is 0.164 e. The Labute approximate surface area is 326 Å². The molecule has 4 heteroatoms. The van der Waals surface area contributed by atoms with E-state index in [0.29, 0.717) is 17.5 Å². The maximum absolute atomic E-state index is 6.55. The number of para-hydroxylation sites is 2. The number of rotatable bonds is 7. The van der Waals surface area contributed by atoms with Crippen LogP contribution in [-0.2, 0) is 5.41 Å². The van der Waals surface area contributed by atoms with Crippen molar-refractivity contribution in [2.45, 2.75) is 5.41 Å². The van der Waals surface area contributed by atoms with Gasteiger partial charge in [-0.25, -0.2) is 15.0 Å². The molecule has 0 fully saturated rings. The summed E-state index contributed by atoms with van der Waals surface area (Å²) >= 11 is 0. The van der Waals surface area contributed by atoms with E-state index in [-0.39, 0.29) is 0 Å². The molecule has 8 aromatic carbocycles. The quantitative estimate of drug-likeness (QED) is 0.165. The first-order valence-electron chi connectivity index (χ1n) is 18.9. The second kappa shape index (κ2) is 14.1. The number of hydrogen-bond donors (Lipinski definition) is 0. The van der Waals surface area contributed by atoms with Gasteiger partial charge in [0.1, 0.15) is 11.5 Å². The highest BCUT2D eigenvalue weighted by Gasteiger charge is 2.45. The number of fused-ring (bicyclic) bond motifs is 2. The zero-order chi connectivity index (χ0) is 37.3. The molecule has 0 radical (unpaired) electrons. The Hall–Kier alpha value is -7.43. The van der Waals surface area contributed by atoms with Crippen LogP contribution in [0, 0.1) is 0 Å². The summed E-state index contributed by atoms with van der Waals surface area (Å²) in [6.45, 7) is 0. The summed E-state index contributed by atoms with van der Waals surface area (Å²) in [6, 6.07) is 73.9. The second-order valence-electron chi connectivity index (χ2n) is 14.0. The van der Waals surface area contributed by atoms with E-state index in [1.165, 1.54) is 5.56 Å². The Morgan fingerprint density at radius 2 is 0.661 bits per heavy atom. The molecule has 0 saturated carbocycles. The molecule has 264 valence electrons. The minimum Gasteiger partial charge on any atom is -0.457 e. The summed E-state index contributed by atoms with van der Waals surface area (Å²) < 4.78 is 6.55. The zero-order valence-electron chi connectivity index (χ0n) is 30.5. The van der Waals surface area contributed by atoms with Crippen LogP contribution in [0.3, 0.4) is 0 Å². The van der Waals surface area contributed by atoms with Crippen LogP contribution in [0.1, 0.15) is 22.3 Å². The molecule has 1 aromatic heterocycles. The number of aromatic nitrogens is 3. The van der Waals surface area contributed by atoms with Gasteiger partial charge in [-0.05, 0) is 63.7 Å². The van der Waals surface area contributed by atoms with Crippen molar-refractivity contribution in [1.29, 1.82) is 0 Å². The first kappa shape index (κ1) is 33.2. The molecular weight excluding hydrogens is 683 g/mol. The van der Waals surface area contributed by atoms with E-state index >= 15 is 0 Å². The predicted octanol–water partition coefficient (Wildman–Crippen LogP) is 12.7. The van der Waals surface area contributed by atoms with E-state index in [1.54, 1.807) is 0 Å². The van der Waals surface area contributed by atoms with Crippen molar-refractivity contribution < 1.29 is 4.74 Å². The first-order chi connectivity index (χ1) is 27.7. The molecule has 4 nitrogen and oxygen atoms in total. The molecule has 1 aliphatic rings. The third-order valence-electron chi connectivity index (χ3n) is 10.7. The molecule has 0 aliphatic carbocycles. The fraction of sp³-hybridized carbons (Fsp3) is 0.0192. The van der Waals surface area contributed by atoms with Gasteiger partial charge in [-0.2, -0.15) is 0 Å². The Balaban J connectivity index is 1.12. The van der Waals surface area contributed by atoms with Crippen LogP contribution in [0.5, 0.6) is 11.5 Å². The van der Waals surface area contributed by atoms with Crippen LogP contribution in [0.25, 0.3) is 56.4 Å². The highest BCUT2D eigenvalue weighted by molar-refractivity contribution is 5.77. The second-order valence-corrected chi connectivity index (χ2v) is 14.0. The molecule has 56 heavy (non-hydrogen) atoms. The van der Waals surface area contributed by atoms with Crippen LogP contribution in [0.15, 0.2) is 212 Å². The summed E-state index contributed by atoms with van der Waals surface area (Å²) in [4.78, 5) is 15.2. The monoisotopic (exact) mass is 717 g/mol. The van der Waals surface area contributed by atoms with Gasteiger partial charge in [0.15, 0.2) is 17.5 Å². The van der Waals surface area contributed by atoms with Crippen LogP contribution in [0.4, 0.5) is 0 Å². The summed E-state index contributed by atoms with van der Waals surface area (Å²) in [5.41, 5.74) is 11.1. The van der Waals surface area contributed by atoms with E-state index in [9.17, 15) is 0 Å². The third kappa shape index (κ3) is 5.85. The lowest BCUT2D eigenvalue weighted by atomic mass is 9.63. The largest absolute Gasteiger partial charge is 0.457 e. The van der Waals surface area contributed by atoms with Crippen LogP contribution in [0.2, 0.25) is 0 Å². The van der Waals surface area contributed by atoms with Gasteiger partial charge < -0.3 is 4.74 Å².